The highest BCUT2D eigenvalue weighted by atomic mass is 16.6. The number of nitrogens with one attached hydrogen (secondary N) is 1. The van der Waals surface area contributed by atoms with Gasteiger partial charge in [-0.05, 0) is 48.9 Å². The van der Waals surface area contributed by atoms with E-state index >= 15 is 0 Å². The van der Waals surface area contributed by atoms with Crippen molar-refractivity contribution in [1.82, 2.24) is 0 Å². The Morgan fingerprint density at radius 2 is 1.67 bits per heavy atom. The second-order valence-corrected chi connectivity index (χ2v) is 6.51. The van der Waals surface area contributed by atoms with Crippen LogP contribution in [0.15, 0.2) is 48.5 Å². The number of hydrogen-bond acceptors (Lipinski definition) is 7. The molecule has 8 heteroatoms. The van der Waals surface area contributed by atoms with Crippen LogP contribution in [0.5, 0.6) is 5.75 Å². The van der Waals surface area contributed by atoms with Gasteiger partial charge in [-0.2, -0.15) is 0 Å². The molecule has 0 fully saturated rings. The van der Waals surface area contributed by atoms with E-state index in [2.05, 4.69) is 5.32 Å². The molecule has 0 aliphatic carbocycles. The number of amides is 1. The summed E-state index contributed by atoms with van der Waals surface area (Å²) in [6.45, 7) is 1.41. The third-order valence-electron chi connectivity index (χ3n) is 4.39. The van der Waals surface area contributed by atoms with Gasteiger partial charge in [0.1, 0.15) is 18.5 Å². The van der Waals surface area contributed by atoms with Crippen LogP contribution in [-0.4, -0.2) is 55.1 Å². The van der Waals surface area contributed by atoms with Crippen LogP contribution < -0.4 is 10.1 Å². The third-order valence-corrected chi connectivity index (χ3v) is 4.39. The van der Waals surface area contributed by atoms with Gasteiger partial charge in [-0.3, -0.25) is 10.1 Å². The zero-order valence-electron chi connectivity index (χ0n) is 17.0. The lowest BCUT2D eigenvalue weighted by Crippen LogP contribution is -2.28. The molecule has 2 rings (SSSR count). The van der Waals surface area contributed by atoms with E-state index in [0.29, 0.717) is 22.6 Å². The third kappa shape index (κ3) is 6.84. The minimum Gasteiger partial charge on any atom is -0.491 e. The monoisotopic (exact) mass is 417 g/mol. The summed E-state index contributed by atoms with van der Waals surface area (Å²) in [6, 6.07) is 13.3. The Hall–Kier alpha value is -2.94. The number of Topliss-reactive ketones (excluding diaryl/α,β-unsaturated/α-hetero) is 1. The molecular weight excluding hydrogens is 390 g/mol. The summed E-state index contributed by atoms with van der Waals surface area (Å²) >= 11 is 0. The molecule has 2 atom stereocenters. The Bertz CT molecular complexity index is 805. The van der Waals surface area contributed by atoms with Crippen LogP contribution in [0.4, 0.5) is 10.5 Å². The summed E-state index contributed by atoms with van der Waals surface area (Å²) in [7, 11) is 1.48. The highest BCUT2D eigenvalue weighted by Crippen LogP contribution is 2.28. The van der Waals surface area contributed by atoms with Crippen molar-refractivity contribution in [1.29, 1.82) is 0 Å². The Balaban J connectivity index is 2.14. The Morgan fingerprint density at radius 3 is 2.20 bits per heavy atom. The van der Waals surface area contributed by atoms with E-state index < -0.39 is 18.3 Å². The average Bonchev–Trinajstić information content (AvgIpc) is 2.75. The van der Waals surface area contributed by atoms with E-state index in [1.165, 1.54) is 14.0 Å². The van der Waals surface area contributed by atoms with Gasteiger partial charge in [0, 0.05) is 31.4 Å². The summed E-state index contributed by atoms with van der Waals surface area (Å²) in [6.07, 6.45) is -1.77. The number of ether oxygens (including phenoxy) is 3. The van der Waals surface area contributed by atoms with Crippen molar-refractivity contribution in [2.75, 3.05) is 32.2 Å². The summed E-state index contributed by atoms with van der Waals surface area (Å²) in [5.74, 6) is 0.500. The van der Waals surface area contributed by atoms with Gasteiger partial charge in [-0.15, -0.1) is 0 Å². The molecule has 3 N–H and O–H groups in total. The molecule has 0 saturated heterocycles. The van der Waals surface area contributed by atoms with Crippen LogP contribution in [-0.2, 0) is 9.47 Å². The molecule has 0 aliphatic rings. The zero-order valence-corrected chi connectivity index (χ0v) is 17.0. The fourth-order valence-corrected chi connectivity index (χ4v) is 2.85. The summed E-state index contributed by atoms with van der Waals surface area (Å²) in [5, 5.41) is 20.8. The number of anilines is 1. The lowest BCUT2D eigenvalue weighted by Gasteiger charge is -2.26. The van der Waals surface area contributed by atoms with Crippen molar-refractivity contribution in [3.8, 4) is 5.75 Å². The van der Waals surface area contributed by atoms with Crippen molar-refractivity contribution in [2.45, 2.75) is 25.6 Å². The SMILES string of the molecule is CO[C@@H](CCO)[C@@H](OC(=O)Nc1ccc(C(C)=O)cc1)c1ccc(OCCO)cc1. The van der Waals surface area contributed by atoms with Crippen LogP contribution in [0.2, 0.25) is 0 Å². The maximum absolute atomic E-state index is 12.5. The summed E-state index contributed by atoms with van der Waals surface area (Å²) < 4.78 is 16.4. The summed E-state index contributed by atoms with van der Waals surface area (Å²) in [5.41, 5.74) is 1.68. The smallest absolute Gasteiger partial charge is 0.412 e. The number of hydrogen-bond donors (Lipinski definition) is 3. The fourth-order valence-electron chi connectivity index (χ4n) is 2.85. The molecule has 0 aliphatic heterocycles. The minimum atomic E-state index is -0.773. The van der Waals surface area contributed by atoms with Gasteiger partial charge in [0.25, 0.3) is 0 Å². The van der Waals surface area contributed by atoms with E-state index in [1.807, 2.05) is 0 Å². The second-order valence-electron chi connectivity index (χ2n) is 6.51. The molecule has 8 nitrogen and oxygen atoms in total. The van der Waals surface area contributed by atoms with E-state index in [-0.39, 0.29) is 32.0 Å². The highest BCUT2D eigenvalue weighted by Gasteiger charge is 2.27. The predicted molar refractivity (Wildman–Crippen MR) is 111 cm³/mol. The maximum Gasteiger partial charge on any atom is 0.412 e. The van der Waals surface area contributed by atoms with Gasteiger partial charge in [-0.1, -0.05) is 12.1 Å². The molecular formula is C22H27NO7. The largest absolute Gasteiger partial charge is 0.491 e. The molecule has 0 saturated carbocycles. The number of carbonyl (C=O) groups is 2. The van der Waals surface area contributed by atoms with E-state index in [0.717, 1.165) is 0 Å². The van der Waals surface area contributed by atoms with Gasteiger partial charge in [0.15, 0.2) is 11.9 Å². The summed E-state index contributed by atoms with van der Waals surface area (Å²) in [4.78, 5) is 23.8. The molecule has 2 aromatic carbocycles. The van der Waals surface area contributed by atoms with Crippen molar-refractivity contribution >= 4 is 17.6 Å². The van der Waals surface area contributed by atoms with Crippen molar-refractivity contribution in [2.24, 2.45) is 0 Å². The van der Waals surface area contributed by atoms with Gasteiger partial charge in [-0.25, -0.2) is 4.79 Å². The normalized spacial score (nSPS) is 12.7. The van der Waals surface area contributed by atoms with Crippen LogP contribution >= 0.6 is 0 Å². The first-order chi connectivity index (χ1) is 14.5. The van der Waals surface area contributed by atoms with Crippen molar-refractivity contribution in [3.05, 3.63) is 59.7 Å². The average molecular weight is 417 g/mol. The molecule has 2 aromatic rings. The van der Waals surface area contributed by atoms with Gasteiger partial charge in [0.05, 0.1) is 6.61 Å². The first-order valence-electron chi connectivity index (χ1n) is 9.54. The number of aliphatic hydroxyl groups excluding tert-OH is 2. The highest BCUT2D eigenvalue weighted by molar-refractivity contribution is 5.95. The minimum absolute atomic E-state index is 0.0671. The molecule has 162 valence electrons. The Labute approximate surface area is 175 Å². The van der Waals surface area contributed by atoms with E-state index in [9.17, 15) is 14.7 Å². The molecule has 0 heterocycles. The van der Waals surface area contributed by atoms with Crippen LogP contribution in [0.25, 0.3) is 0 Å². The standard InChI is InChI=1S/C22H27NO7/c1-15(26)16-3-7-18(8-4-16)23-22(27)30-21(20(28-2)11-12-24)17-5-9-19(10-6-17)29-14-13-25/h3-10,20-21,24-25H,11-14H2,1-2H3,(H,23,27)/t20-,21-/m0/s1. The quantitative estimate of drug-likeness (QED) is 0.482. The number of ketones is 1. The lowest BCUT2D eigenvalue weighted by molar-refractivity contribution is -0.0306. The second kappa shape index (κ2) is 11.9. The number of methoxy groups -OCH3 is 1. The van der Waals surface area contributed by atoms with Gasteiger partial charge >= 0.3 is 6.09 Å². The molecule has 0 spiro atoms. The first-order valence-corrected chi connectivity index (χ1v) is 9.54. The first kappa shape index (κ1) is 23.3. The number of aliphatic hydroxyl groups is 2. The van der Waals surface area contributed by atoms with Crippen LogP contribution in [0.3, 0.4) is 0 Å². The van der Waals surface area contributed by atoms with Crippen LogP contribution in [0.1, 0.15) is 35.4 Å². The molecule has 0 unspecified atom stereocenters. The number of benzene rings is 2. The number of rotatable bonds is 11. The van der Waals surface area contributed by atoms with E-state index in [4.69, 9.17) is 19.3 Å². The molecule has 30 heavy (non-hydrogen) atoms. The zero-order chi connectivity index (χ0) is 21.9. The van der Waals surface area contributed by atoms with Gasteiger partial charge < -0.3 is 24.4 Å². The predicted octanol–water partition coefficient (Wildman–Crippen LogP) is 2.95. The molecule has 0 bridgehead atoms. The fraction of sp³-hybridized carbons (Fsp3) is 0.364. The molecule has 1 amide bonds. The van der Waals surface area contributed by atoms with Gasteiger partial charge in [0.2, 0.25) is 0 Å². The topological polar surface area (TPSA) is 114 Å². The lowest BCUT2D eigenvalue weighted by atomic mass is 10.0. The Morgan fingerprint density at radius 1 is 1.00 bits per heavy atom. The Kier molecular flexibility index (Phi) is 9.27. The number of carbonyl (C=O) groups excluding carboxylic acids is 2. The van der Waals surface area contributed by atoms with E-state index in [1.54, 1.807) is 48.5 Å². The molecule has 0 aromatic heterocycles. The molecule has 0 radical (unpaired) electrons. The maximum atomic E-state index is 12.5. The van der Waals surface area contributed by atoms with Crippen molar-refractivity contribution < 1.29 is 34.0 Å². The van der Waals surface area contributed by atoms with Crippen molar-refractivity contribution in [3.63, 3.8) is 0 Å². The van der Waals surface area contributed by atoms with Crippen LogP contribution in [0, 0.1) is 0 Å².